The summed E-state index contributed by atoms with van der Waals surface area (Å²) in [6.45, 7) is 0. The fourth-order valence-corrected chi connectivity index (χ4v) is 4.35. The molecule has 1 aromatic heterocycles. The summed E-state index contributed by atoms with van der Waals surface area (Å²) < 4.78 is 2.40. The number of aromatic nitrogens is 1. The lowest BCUT2D eigenvalue weighted by Crippen LogP contribution is -1.94. The molecule has 0 aliphatic carbocycles. The summed E-state index contributed by atoms with van der Waals surface area (Å²) in [6.07, 6.45) is 0. The minimum Gasteiger partial charge on any atom is -0.309 e. The zero-order chi connectivity index (χ0) is 17.8. The van der Waals surface area contributed by atoms with Crippen LogP contribution in [0.2, 0.25) is 0 Å². The van der Waals surface area contributed by atoms with Crippen molar-refractivity contribution in [3.8, 4) is 16.8 Å². The van der Waals surface area contributed by atoms with E-state index < -0.39 is 0 Å². The fourth-order valence-electron chi connectivity index (χ4n) is 4.35. The van der Waals surface area contributed by atoms with Gasteiger partial charge in [0.1, 0.15) is 0 Å². The van der Waals surface area contributed by atoms with Gasteiger partial charge in [0.05, 0.1) is 11.0 Å². The van der Waals surface area contributed by atoms with Crippen molar-refractivity contribution >= 4 is 32.6 Å². The molecule has 0 N–H and O–H groups in total. The van der Waals surface area contributed by atoms with Gasteiger partial charge in [0.25, 0.3) is 0 Å². The molecule has 6 aromatic rings. The van der Waals surface area contributed by atoms with Gasteiger partial charge in [-0.15, -0.1) is 0 Å². The normalized spacial score (nSPS) is 11.7. The summed E-state index contributed by atoms with van der Waals surface area (Å²) in [5.41, 5.74) is 6.22. The molecule has 0 fully saturated rings. The molecule has 1 nitrogen and oxygen atoms in total. The Labute approximate surface area is 157 Å². The van der Waals surface area contributed by atoms with Crippen molar-refractivity contribution in [1.82, 2.24) is 4.57 Å². The van der Waals surface area contributed by atoms with Crippen molar-refractivity contribution in [1.29, 1.82) is 0 Å². The topological polar surface area (TPSA) is 4.93 Å². The zero-order valence-corrected chi connectivity index (χ0v) is 14.8. The van der Waals surface area contributed by atoms with Crippen LogP contribution < -0.4 is 0 Å². The van der Waals surface area contributed by atoms with Gasteiger partial charge in [-0.25, -0.2) is 0 Å². The summed E-state index contributed by atoms with van der Waals surface area (Å²) in [6, 6.07) is 37.1. The van der Waals surface area contributed by atoms with Crippen molar-refractivity contribution < 1.29 is 0 Å². The van der Waals surface area contributed by atoms with Crippen molar-refractivity contribution in [2.24, 2.45) is 0 Å². The van der Waals surface area contributed by atoms with Gasteiger partial charge in [-0.3, -0.25) is 0 Å². The molecule has 0 spiro atoms. The minimum atomic E-state index is 1.20. The standard InChI is InChI=1S/C26H17N/c1-2-7-18(8-3-1)21-11-4-12-22(17-21)27-23-13-5-9-19-15-16-20-10-6-14-24(27)26(20)25(19)23/h1-17H. The maximum atomic E-state index is 2.40. The fraction of sp³-hybridized carbons (Fsp3) is 0. The third-order valence-corrected chi connectivity index (χ3v) is 5.54. The summed E-state index contributed by atoms with van der Waals surface area (Å²) in [5, 5.41) is 5.31. The van der Waals surface area contributed by atoms with E-state index in [1.165, 1.54) is 49.4 Å². The molecule has 0 bridgehead atoms. The van der Waals surface area contributed by atoms with E-state index in [4.69, 9.17) is 0 Å². The molecule has 1 heteroatoms. The van der Waals surface area contributed by atoms with Crippen molar-refractivity contribution in [3.63, 3.8) is 0 Å². The Bertz CT molecular complexity index is 1340. The van der Waals surface area contributed by atoms with Crippen LogP contribution in [-0.4, -0.2) is 4.57 Å². The molecule has 5 aromatic carbocycles. The maximum Gasteiger partial charge on any atom is 0.0547 e. The van der Waals surface area contributed by atoms with E-state index in [0.29, 0.717) is 0 Å². The van der Waals surface area contributed by atoms with Gasteiger partial charge in [0.2, 0.25) is 0 Å². The molecule has 0 amide bonds. The van der Waals surface area contributed by atoms with E-state index in [2.05, 4.69) is 108 Å². The Kier molecular flexibility index (Phi) is 2.95. The molecule has 0 aliphatic heterocycles. The van der Waals surface area contributed by atoms with Crippen molar-refractivity contribution in [2.75, 3.05) is 0 Å². The number of rotatable bonds is 2. The van der Waals surface area contributed by atoms with E-state index in [0.717, 1.165) is 0 Å². The lowest BCUT2D eigenvalue weighted by atomic mass is 10.0. The first kappa shape index (κ1) is 14.6. The predicted octanol–water partition coefficient (Wildman–Crippen LogP) is 7.04. The lowest BCUT2D eigenvalue weighted by molar-refractivity contribution is 1.18. The van der Waals surface area contributed by atoms with Crippen LogP contribution in [0.1, 0.15) is 0 Å². The van der Waals surface area contributed by atoms with Crippen LogP contribution in [0.25, 0.3) is 49.4 Å². The average molecular weight is 343 g/mol. The summed E-state index contributed by atoms with van der Waals surface area (Å²) in [5.74, 6) is 0. The van der Waals surface area contributed by atoms with Crippen LogP contribution in [0, 0.1) is 0 Å². The molecular formula is C26H17N. The zero-order valence-electron chi connectivity index (χ0n) is 14.8. The Morgan fingerprint density at radius 1 is 0.444 bits per heavy atom. The molecule has 0 radical (unpaired) electrons. The Morgan fingerprint density at radius 3 is 1.70 bits per heavy atom. The Balaban J connectivity index is 1.72. The second-order valence-electron chi connectivity index (χ2n) is 7.07. The van der Waals surface area contributed by atoms with Crippen LogP contribution in [0.15, 0.2) is 103 Å². The van der Waals surface area contributed by atoms with Crippen molar-refractivity contribution in [3.05, 3.63) is 103 Å². The molecule has 0 unspecified atom stereocenters. The molecule has 0 atom stereocenters. The van der Waals surface area contributed by atoms with Crippen LogP contribution in [0.4, 0.5) is 0 Å². The summed E-state index contributed by atoms with van der Waals surface area (Å²) >= 11 is 0. The smallest absolute Gasteiger partial charge is 0.0547 e. The number of hydrogen-bond acceptors (Lipinski definition) is 0. The minimum absolute atomic E-state index is 1.20. The van der Waals surface area contributed by atoms with E-state index in [9.17, 15) is 0 Å². The highest BCUT2D eigenvalue weighted by Gasteiger charge is 2.16. The number of benzene rings is 5. The SMILES string of the molecule is c1ccc(-c2cccc(-n3c4cccc5ccc6cccc3c6c54)c2)cc1. The first-order valence-corrected chi connectivity index (χ1v) is 9.30. The van der Waals surface area contributed by atoms with E-state index >= 15 is 0 Å². The van der Waals surface area contributed by atoms with Gasteiger partial charge in [0.15, 0.2) is 0 Å². The first-order valence-electron chi connectivity index (χ1n) is 9.30. The van der Waals surface area contributed by atoms with Gasteiger partial charge < -0.3 is 4.57 Å². The van der Waals surface area contributed by atoms with Crippen LogP contribution >= 0.6 is 0 Å². The van der Waals surface area contributed by atoms with Gasteiger partial charge in [-0.2, -0.15) is 0 Å². The first-order chi connectivity index (χ1) is 13.4. The van der Waals surface area contributed by atoms with E-state index in [1.54, 1.807) is 0 Å². The van der Waals surface area contributed by atoms with E-state index in [1.807, 2.05) is 0 Å². The van der Waals surface area contributed by atoms with Crippen LogP contribution in [-0.2, 0) is 0 Å². The quantitative estimate of drug-likeness (QED) is 0.297. The van der Waals surface area contributed by atoms with Gasteiger partial charge in [-0.05, 0) is 46.2 Å². The second-order valence-corrected chi connectivity index (χ2v) is 7.07. The molecule has 27 heavy (non-hydrogen) atoms. The van der Waals surface area contributed by atoms with Gasteiger partial charge in [-0.1, -0.05) is 78.9 Å². The molecule has 126 valence electrons. The molecular weight excluding hydrogens is 326 g/mol. The predicted molar refractivity (Wildman–Crippen MR) is 115 cm³/mol. The molecule has 0 saturated heterocycles. The largest absolute Gasteiger partial charge is 0.309 e. The number of hydrogen-bond donors (Lipinski definition) is 0. The van der Waals surface area contributed by atoms with Crippen molar-refractivity contribution in [2.45, 2.75) is 0 Å². The van der Waals surface area contributed by atoms with Crippen LogP contribution in [0.5, 0.6) is 0 Å². The van der Waals surface area contributed by atoms with Crippen LogP contribution in [0.3, 0.4) is 0 Å². The van der Waals surface area contributed by atoms with Gasteiger partial charge >= 0.3 is 0 Å². The Hall–Kier alpha value is -3.58. The van der Waals surface area contributed by atoms with Gasteiger partial charge in [0, 0.05) is 16.5 Å². The highest BCUT2D eigenvalue weighted by atomic mass is 15.0. The highest BCUT2D eigenvalue weighted by Crippen LogP contribution is 2.39. The highest BCUT2D eigenvalue weighted by molar-refractivity contribution is 6.24. The molecule has 0 aliphatic rings. The molecule has 0 saturated carbocycles. The molecule has 6 rings (SSSR count). The Morgan fingerprint density at radius 2 is 1.04 bits per heavy atom. The van der Waals surface area contributed by atoms with E-state index in [-0.39, 0.29) is 0 Å². The summed E-state index contributed by atoms with van der Waals surface area (Å²) in [4.78, 5) is 0. The number of nitrogens with zero attached hydrogens (tertiary/aromatic N) is 1. The summed E-state index contributed by atoms with van der Waals surface area (Å²) in [7, 11) is 0. The second kappa shape index (κ2) is 5.46. The molecule has 1 heterocycles. The maximum absolute atomic E-state index is 2.40. The average Bonchev–Trinajstić information content (AvgIpc) is 3.09. The lowest BCUT2D eigenvalue weighted by Gasteiger charge is -2.10. The third-order valence-electron chi connectivity index (χ3n) is 5.54. The monoisotopic (exact) mass is 343 g/mol. The third kappa shape index (κ3) is 2.06.